The van der Waals surface area contributed by atoms with Crippen LogP contribution in [0.4, 0.5) is 0 Å². The average molecular weight is 276 g/mol. The van der Waals surface area contributed by atoms with Gasteiger partial charge >= 0.3 is 0 Å². The smallest absolute Gasteiger partial charge is 0.254 e. The minimum Gasteiger partial charge on any atom is -0.391 e. The van der Waals surface area contributed by atoms with Gasteiger partial charge in [-0.3, -0.25) is 4.79 Å². The molecule has 0 aliphatic carbocycles. The Bertz CT molecular complexity index is 473. The second-order valence-electron chi connectivity index (χ2n) is 5.77. The van der Waals surface area contributed by atoms with Crippen LogP contribution in [0.25, 0.3) is 0 Å². The van der Waals surface area contributed by atoms with E-state index in [2.05, 4.69) is 11.8 Å². The number of hydrogen-bond acceptors (Lipinski definition) is 3. The quantitative estimate of drug-likeness (QED) is 0.903. The summed E-state index contributed by atoms with van der Waals surface area (Å²) in [7, 11) is 3.99. The van der Waals surface area contributed by atoms with E-state index in [1.165, 1.54) is 0 Å². The number of likely N-dealkylation sites (tertiary alicyclic amines) is 1. The van der Waals surface area contributed by atoms with E-state index < -0.39 is 6.10 Å². The molecular weight excluding hydrogens is 252 g/mol. The van der Waals surface area contributed by atoms with Gasteiger partial charge in [0.25, 0.3) is 5.91 Å². The Kier molecular flexibility index (Phi) is 4.78. The summed E-state index contributed by atoms with van der Waals surface area (Å²) in [4.78, 5) is 16.7. The number of nitrogens with zero attached hydrogens (tertiary/aromatic N) is 2. The minimum atomic E-state index is -0.405. The molecule has 1 heterocycles. The number of aliphatic hydroxyl groups excluding tert-OH is 1. The number of likely N-dealkylation sites (N-methyl/N-ethyl adjacent to an activating group) is 1. The van der Waals surface area contributed by atoms with Crippen molar-refractivity contribution in [2.24, 2.45) is 0 Å². The number of aliphatic hydroxyl groups is 1. The summed E-state index contributed by atoms with van der Waals surface area (Å²) in [6.07, 6.45) is 1.10. The van der Waals surface area contributed by atoms with E-state index in [0.29, 0.717) is 13.0 Å². The monoisotopic (exact) mass is 276 g/mol. The van der Waals surface area contributed by atoms with Crippen molar-refractivity contribution in [2.75, 3.05) is 27.2 Å². The van der Waals surface area contributed by atoms with Crippen molar-refractivity contribution in [1.82, 2.24) is 9.80 Å². The minimum absolute atomic E-state index is 0.0471. The Labute approximate surface area is 121 Å². The van der Waals surface area contributed by atoms with Crippen LogP contribution in [-0.2, 0) is 6.42 Å². The lowest BCUT2D eigenvalue weighted by Crippen LogP contribution is -2.41. The molecule has 1 N–H and O–H groups in total. The molecule has 0 spiro atoms. The number of benzene rings is 1. The maximum Gasteiger partial charge on any atom is 0.254 e. The Morgan fingerprint density at radius 3 is 2.75 bits per heavy atom. The molecule has 1 amide bonds. The molecule has 4 heteroatoms. The predicted molar refractivity (Wildman–Crippen MR) is 79.8 cm³/mol. The van der Waals surface area contributed by atoms with Crippen molar-refractivity contribution >= 4 is 5.91 Å². The van der Waals surface area contributed by atoms with Crippen molar-refractivity contribution in [3.8, 4) is 0 Å². The maximum absolute atomic E-state index is 12.8. The van der Waals surface area contributed by atoms with Gasteiger partial charge in [0.05, 0.1) is 6.10 Å². The van der Waals surface area contributed by atoms with Crippen molar-refractivity contribution in [3.63, 3.8) is 0 Å². The predicted octanol–water partition coefficient (Wildman–Crippen LogP) is 1.39. The van der Waals surface area contributed by atoms with Crippen LogP contribution >= 0.6 is 0 Å². The molecule has 1 saturated heterocycles. The lowest BCUT2D eigenvalue weighted by Gasteiger charge is -2.27. The first-order chi connectivity index (χ1) is 9.52. The zero-order chi connectivity index (χ0) is 14.7. The molecule has 1 aromatic rings. The third-order valence-corrected chi connectivity index (χ3v) is 3.86. The van der Waals surface area contributed by atoms with Crippen LogP contribution in [0.15, 0.2) is 24.3 Å². The van der Waals surface area contributed by atoms with Gasteiger partial charge in [-0.1, -0.05) is 25.1 Å². The first kappa shape index (κ1) is 15.0. The van der Waals surface area contributed by atoms with Crippen LogP contribution in [0.1, 0.15) is 29.3 Å². The molecule has 0 aromatic heterocycles. The topological polar surface area (TPSA) is 43.8 Å². The van der Waals surface area contributed by atoms with Crippen LogP contribution in [-0.4, -0.2) is 60.1 Å². The lowest BCUT2D eigenvalue weighted by atomic mass is 10.0. The van der Waals surface area contributed by atoms with Gasteiger partial charge in [0.15, 0.2) is 0 Å². The van der Waals surface area contributed by atoms with E-state index in [4.69, 9.17) is 0 Å². The standard InChI is InChI=1S/C16H24N2O2/c1-4-12-7-5-6-8-15(12)16(20)18-11-14(19)9-13(18)10-17(2)3/h5-8,13-14,19H,4,9-11H2,1-3H3. The van der Waals surface area contributed by atoms with E-state index in [1.807, 2.05) is 43.3 Å². The van der Waals surface area contributed by atoms with E-state index in [1.54, 1.807) is 0 Å². The second-order valence-corrected chi connectivity index (χ2v) is 5.77. The summed E-state index contributed by atoms with van der Waals surface area (Å²) < 4.78 is 0. The van der Waals surface area contributed by atoms with Gasteiger partial charge in [0.1, 0.15) is 0 Å². The molecule has 0 bridgehead atoms. The van der Waals surface area contributed by atoms with E-state index in [0.717, 1.165) is 24.1 Å². The number of aryl methyl sites for hydroxylation is 1. The zero-order valence-electron chi connectivity index (χ0n) is 12.5. The van der Waals surface area contributed by atoms with Gasteiger partial charge in [-0.15, -0.1) is 0 Å². The molecule has 1 fully saturated rings. The normalized spacial score (nSPS) is 22.6. The van der Waals surface area contributed by atoms with Crippen LogP contribution < -0.4 is 0 Å². The average Bonchev–Trinajstić information content (AvgIpc) is 2.77. The van der Waals surface area contributed by atoms with Gasteiger partial charge in [0.2, 0.25) is 0 Å². The number of carbonyl (C=O) groups excluding carboxylic acids is 1. The van der Waals surface area contributed by atoms with Gasteiger partial charge in [0, 0.05) is 24.7 Å². The number of hydrogen-bond donors (Lipinski definition) is 1. The van der Waals surface area contributed by atoms with Crippen LogP contribution in [0.5, 0.6) is 0 Å². The molecule has 2 rings (SSSR count). The van der Waals surface area contributed by atoms with Gasteiger partial charge in [-0.05, 0) is 38.6 Å². The van der Waals surface area contributed by atoms with Crippen molar-refractivity contribution < 1.29 is 9.90 Å². The first-order valence-corrected chi connectivity index (χ1v) is 7.24. The summed E-state index contributed by atoms with van der Waals surface area (Å²) >= 11 is 0. The molecule has 1 aliphatic rings. The van der Waals surface area contributed by atoms with Gasteiger partial charge < -0.3 is 14.9 Å². The summed E-state index contributed by atoms with van der Waals surface area (Å²) in [5, 5.41) is 9.89. The van der Waals surface area contributed by atoms with E-state index in [9.17, 15) is 9.90 Å². The largest absolute Gasteiger partial charge is 0.391 e. The van der Waals surface area contributed by atoms with Crippen molar-refractivity contribution in [2.45, 2.75) is 31.9 Å². The Balaban J connectivity index is 2.22. The second kappa shape index (κ2) is 6.37. The van der Waals surface area contributed by atoms with Crippen molar-refractivity contribution in [1.29, 1.82) is 0 Å². The van der Waals surface area contributed by atoms with Crippen LogP contribution in [0, 0.1) is 0 Å². The molecule has 1 aliphatic heterocycles. The molecule has 0 saturated carbocycles. The van der Waals surface area contributed by atoms with E-state index >= 15 is 0 Å². The van der Waals surface area contributed by atoms with Gasteiger partial charge in [-0.2, -0.15) is 0 Å². The third kappa shape index (κ3) is 3.19. The molecule has 0 radical (unpaired) electrons. The van der Waals surface area contributed by atoms with Crippen LogP contribution in [0.3, 0.4) is 0 Å². The van der Waals surface area contributed by atoms with E-state index in [-0.39, 0.29) is 11.9 Å². The number of carbonyl (C=O) groups is 1. The summed E-state index contributed by atoms with van der Waals surface area (Å²) in [5.74, 6) is 0.0471. The highest BCUT2D eigenvalue weighted by molar-refractivity contribution is 5.96. The summed E-state index contributed by atoms with van der Waals surface area (Å²) in [6.45, 7) is 3.29. The SMILES string of the molecule is CCc1ccccc1C(=O)N1CC(O)CC1CN(C)C. The highest BCUT2D eigenvalue weighted by atomic mass is 16.3. The molecule has 110 valence electrons. The molecule has 2 atom stereocenters. The Hall–Kier alpha value is -1.39. The molecular formula is C16H24N2O2. The molecule has 20 heavy (non-hydrogen) atoms. The fraction of sp³-hybridized carbons (Fsp3) is 0.562. The third-order valence-electron chi connectivity index (χ3n) is 3.86. The number of amides is 1. The molecule has 4 nitrogen and oxygen atoms in total. The van der Waals surface area contributed by atoms with Crippen molar-refractivity contribution in [3.05, 3.63) is 35.4 Å². The Morgan fingerprint density at radius 2 is 2.10 bits per heavy atom. The maximum atomic E-state index is 12.8. The van der Waals surface area contributed by atoms with Gasteiger partial charge in [-0.25, -0.2) is 0 Å². The van der Waals surface area contributed by atoms with Crippen LogP contribution in [0.2, 0.25) is 0 Å². The number of rotatable bonds is 4. The molecule has 2 unspecified atom stereocenters. The fourth-order valence-electron chi connectivity index (χ4n) is 2.93. The lowest BCUT2D eigenvalue weighted by molar-refractivity contribution is 0.0698. The summed E-state index contributed by atoms with van der Waals surface area (Å²) in [6, 6.07) is 7.85. The highest BCUT2D eigenvalue weighted by Gasteiger charge is 2.35. The number of β-amino-alcohol motifs (C(OH)–C–C–N with tert-alkyl or cyclic N) is 1. The summed E-state index contributed by atoms with van der Waals surface area (Å²) in [5.41, 5.74) is 1.84. The highest BCUT2D eigenvalue weighted by Crippen LogP contribution is 2.22. The fourth-order valence-corrected chi connectivity index (χ4v) is 2.93. The zero-order valence-corrected chi connectivity index (χ0v) is 12.5. The first-order valence-electron chi connectivity index (χ1n) is 7.24. The molecule has 1 aromatic carbocycles. The Morgan fingerprint density at radius 1 is 1.40 bits per heavy atom.